The van der Waals surface area contributed by atoms with Crippen LogP contribution in [0, 0.1) is 5.82 Å². The molecule has 2 heterocycles. The number of fused-ring (bicyclic) bond motifs is 1. The summed E-state index contributed by atoms with van der Waals surface area (Å²) in [4.78, 5) is 8.96. The summed E-state index contributed by atoms with van der Waals surface area (Å²) in [6.45, 7) is 3.42. The molecule has 6 N–H and O–H groups in total. The standard InChI is InChI=1S/C21H30FN7/c1-2-3-4-5-6-7-12-25-21-27-19(23)17-18(20(24)28-21)29(14-26-17)13-15-8-10-16(22)11-9-15/h8-11,14H,2-7,12-13,23-24H2,1H3,(H2,25,27,28). The number of nitrogens with one attached hydrogen (secondary N) is 2. The van der Waals surface area contributed by atoms with Crippen LogP contribution >= 0.6 is 0 Å². The first-order valence-corrected chi connectivity index (χ1v) is 10.2. The molecule has 0 unspecified atom stereocenters. The molecule has 0 amide bonds. The number of benzene rings is 1. The number of imidazole rings is 1. The summed E-state index contributed by atoms with van der Waals surface area (Å²) >= 11 is 0. The predicted octanol–water partition coefficient (Wildman–Crippen LogP) is 1.03. The predicted molar refractivity (Wildman–Crippen MR) is 114 cm³/mol. The molecule has 1 aromatic carbocycles. The van der Waals surface area contributed by atoms with E-state index in [0.717, 1.165) is 12.0 Å². The molecular formula is C21H30FN7. The van der Waals surface area contributed by atoms with E-state index in [1.807, 2.05) is 4.57 Å². The Morgan fingerprint density at radius 1 is 1.00 bits per heavy atom. The van der Waals surface area contributed by atoms with Crippen molar-refractivity contribution in [2.24, 2.45) is 16.5 Å². The van der Waals surface area contributed by atoms with Crippen molar-refractivity contribution in [2.75, 3.05) is 6.54 Å². The van der Waals surface area contributed by atoms with Crippen LogP contribution in [0.5, 0.6) is 0 Å². The summed E-state index contributed by atoms with van der Waals surface area (Å²) in [7, 11) is 0. The average molecular weight is 400 g/mol. The molecule has 0 saturated heterocycles. The Balaban J connectivity index is 1.72. The van der Waals surface area contributed by atoms with Crippen LogP contribution in [0.25, 0.3) is 11.6 Å². The van der Waals surface area contributed by atoms with Gasteiger partial charge < -0.3 is 26.7 Å². The Bertz CT molecular complexity index is 960. The number of guanidine groups is 1. The Labute approximate surface area is 170 Å². The van der Waals surface area contributed by atoms with E-state index in [1.165, 1.54) is 44.2 Å². The van der Waals surface area contributed by atoms with Crippen molar-refractivity contribution in [2.45, 2.75) is 52.0 Å². The lowest BCUT2D eigenvalue weighted by Gasteiger charge is -2.10. The van der Waals surface area contributed by atoms with Crippen LogP contribution in [-0.4, -0.2) is 22.1 Å². The van der Waals surface area contributed by atoms with Crippen LogP contribution in [0.2, 0.25) is 0 Å². The molecule has 0 atom stereocenters. The number of halogens is 1. The number of hydrogen-bond acceptors (Lipinski definition) is 4. The topological polar surface area (TPSA) is 106 Å². The second-order valence-electron chi connectivity index (χ2n) is 7.27. The van der Waals surface area contributed by atoms with E-state index in [1.54, 1.807) is 18.5 Å². The van der Waals surface area contributed by atoms with Gasteiger partial charge in [0, 0.05) is 13.1 Å². The van der Waals surface area contributed by atoms with E-state index < -0.39 is 0 Å². The van der Waals surface area contributed by atoms with Gasteiger partial charge in [0.1, 0.15) is 28.2 Å². The number of aliphatic imine (C=N–C) groups is 1. The molecule has 0 radical (unpaired) electrons. The summed E-state index contributed by atoms with van der Waals surface area (Å²) in [6.07, 6.45) is 8.93. The number of rotatable bonds is 9. The van der Waals surface area contributed by atoms with E-state index in [2.05, 4.69) is 27.5 Å². The normalized spacial score (nSPS) is 15.0. The van der Waals surface area contributed by atoms with E-state index >= 15 is 0 Å². The van der Waals surface area contributed by atoms with Gasteiger partial charge in [-0.3, -0.25) is 4.99 Å². The molecule has 29 heavy (non-hydrogen) atoms. The maximum atomic E-state index is 13.2. The van der Waals surface area contributed by atoms with Crippen molar-refractivity contribution in [3.8, 4) is 0 Å². The van der Waals surface area contributed by atoms with Gasteiger partial charge in [0.15, 0.2) is 0 Å². The molecule has 0 saturated carbocycles. The van der Waals surface area contributed by atoms with E-state index in [-0.39, 0.29) is 5.82 Å². The van der Waals surface area contributed by atoms with Gasteiger partial charge >= 0.3 is 0 Å². The van der Waals surface area contributed by atoms with Gasteiger partial charge in [-0.15, -0.1) is 0 Å². The first-order valence-electron chi connectivity index (χ1n) is 10.2. The van der Waals surface area contributed by atoms with Crippen LogP contribution < -0.4 is 32.8 Å². The van der Waals surface area contributed by atoms with E-state index in [0.29, 0.717) is 41.4 Å². The van der Waals surface area contributed by atoms with Crippen LogP contribution in [0.4, 0.5) is 4.39 Å². The first kappa shape index (κ1) is 20.7. The Morgan fingerprint density at radius 2 is 1.69 bits per heavy atom. The fraction of sp³-hybridized carbons (Fsp3) is 0.429. The zero-order chi connectivity index (χ0) is 20.6. The minimum absolute atomic E-state index is 0.265. The summed E-state index contributed by atoms with van der Waals surface area (Å²) < 4.78 is 15.0. The zero-order valence-electron chi connectivity index (χ0n) is 16.9. The van der Waals surface area contributed by atoms with Crippen molar-refractivity contribution in [1.29, 1.82) is 0 Å². The monoisotopic (exact) mass is 399 g/mol. The van der Waals surface area contributed by atoms with Gasteiger partial charge in [0.25, 0.3) is 0 Å². The summed E-state index contributed by atoms with van der Waals surface area (Å²) in [5.74, 6) is 1.08. The Hall–Kier alpha value is -3.03. The Kier molecular flexibility index (Phi) is 7.10. The van der Waals surface area contributed by atoms with Crippen LogP contribution in [0.1, 0.15) is 51.0 Å². The largest absolute Gasteiger partial charge is 0.383 e. The molecule has 0 fully saturated rings. The van der Waals surface area contributed by atoms with E-state index in [9.17, 15) is 4.39 Å². The molecule has 2 aromatic rings. The summed E-state index contributed by atoms with van der Waals surface area (Å²) in [6, 6.07) is 6.35. The SMILES string of the molecule is CCCCCCCCN=C1NC(N)=c2ncn(Cc3ccc(F)cc3)c2=C(N)N1. The van der Waals surface area contributed by atoms with Gasteiger partial charge in [-0.2, -0.15) is 0 Å². The van der Waals surface area contributed by atoms with Gasteiger partial charge in [-0.1, -0.05) is 51.2 Å². The van der Waals surface area contributed by atoms with Crippen molar-refractivity contribution in [3.63, 3.8) is 0 Å². The summed E-state index contributed by atoms with van der Waals surface area (Å²) in [5.41, 5.74) is 13.4. The lowest BCUT2D eigenvalue weighted by atomic mass is 10.1. The highest BCUT2D eigenvalue weighted by Gasteiger charge is 2.13. The highest BCUT2D eigenvalue weighted by molar-refractivity contribution is 5.90. The van der Waals surface area contributed by atoms with Gasteiger partial charge in [0.05, 0.1) is 6.33 Å². The second-order valence-corrected chi connectivity index (χ2v) is 7.27. The highest BCUT2D eigenvalue weighted by Crippen LogP contribution is 2.05. The molecule has 1 aliphatic heterocycles. The molecule has 1 aliphatic rings. The first-order chi connectivity index (χ1) is 14.1. The number of hydrogen-bond donors (Lipinski definition) is 4. The molecule has 0 bridgehead atoms. The maximum absolute atomic E-state index is 13.2. The minimum Gasteiger partial charge on any atom is -0.383 e. The smallest absolute Gasteiger partial charge is 0.202 e. The van der Waals surface area contributed by atoms with E-state index in [4.69, 9.17) is 11.5 Å². The average Bonchev–Trinajstić information content (AvgIpc) is 3.07. The molecule has 1 aromatic heterocycles. The van der Waals surface area contributed by atoms with Crippen molar-refractivity contribution < 1.29 is 4.39 Å². The van der Waals surface area contributed by atoms with Crippen LogP contribution in [0.15, 0.2) is 35.6 Å². The van der Waals surface area contributed by atoms with Gasteiger partial charge in [0.2, 0.25) is 5.96 Å². The third kappa shape index (κ3) is 5.49. The molecule has 0 aliphatic carbocycles. The molecule has 156 valence electrons. The molecule has 3 rings (SSSR count). The quantitative estimate of drug-likeness (QED) is 0.471. The third-order valence-corrected chi connectivity index (χ3v) is 4.90. The zero-order valence-corrected chi connectivity index (χ0v) is 16.9. The second kappa shape index (κ2) is 9.95. The highest BCUT2D eigenvalue weighted by atomic mass is 19.1. The lowest BCUT2D eigenvalue weighted by Crippen LogP contribution is -2.40. The van der Waals surface area contributed by atoms with Crippen LogP contribution in [-0.2, 0) is 6.54 Å². The van der Waals surface area contributed by atoms with Crippen molar-refractivity contribution >= 4 is 17.6 Å². The molecular weight excluding hydrogens is 369 g/mol. The van der Waals surface area contributed by atoms with Crippen LogP contribution in [0.3, 0.4) is 0 Å². The third-order valence-electron chi connectivity index (χ3n) is 4.90. The lowest BCUT2D eigenvalue weighted by molar-refractivity contribution is 0.612. The fourth-order valence-electron chi connectivity index (χ4n) is 3.33. The molecule has 0 spiro atoms. The van der Waals surface area contributed by atoms with Gasteiger partial charge in [-0.25, -0.2) is 9.37 Å². The summed E-state index contributed by atoms with van der Waals surface area (Å²) in [5, 5.41) is 7.43. The number of nitrogens with two attached hydrogens (primary N) is 2. The maximum Gasteiger partial charge on any atom is 0.202 e. The van der Waals surface area contributed by atoms with Crippen molar-refractivity contribution in [1.82, 2.24) is 20.2 Å². The van der Waals surface area contributed by atoms with Crippen molar-refractivity contribution in [3.05, 3.63) is 52.7 Å². The number of aromatic nitrogens is 2. The number of nitrogens with zero attached hydrogens (tertiary/aromatic N) is 3. The molecule has 8 heteroatoms. The van der Waals surface area contributed by atoms with Gasteiger partial charge in [-0.05, 0) is 24.1 Å². The minimum atomic E-state index is -0.265. The number of unbranched alkanes of at least 4 members (excludes halogenated alkanes) is 5. The Morgan fingerprint density at radius 3 is 2.45 bits per heavy atom. The fourth-order valence-corrected chi connectivity index (χ4v) is 3.33. The molecule has 7 nitrogen and oxygen atoms in total.